The van der Waals surface area contributed by atoms with Gasteiger partial charge in [0.05, 0.1) is 23.1 Å². The van der Waals surface area contributed by atoms with E-state index in [0.29, 0.717) is 0 Å². The summed E-state index contributed by atoms with van der Waals surface area (Å²) in [5.41, 5.74) is 4.15. The summed E-state index contributed by atoms with van der Waals surface area (Å²) >= 11 is 0. The van der Waals surface area contributed by atoms with Gasteiger partial charge in [0.25, 0.3) is 5.91 Å². The van der Waals surface area contributed by atoms with Gasteiger partial charge in [-0.2, -0.15) is 18.3 Å². The highest BCUT2D eigenvalue weighted by atomic mass is 19.4. The van der Waals surface area contributed by atoms with Gasteiger partial charge in [0, 0.05) is 0 Å². The second-order valence-electron chi connectivity index (χ2n) is 3.70. The largest absolute Gasteiger partial charge is 0.418 e. The highest BCUT2D eigenvalue weighted by Crippen LogP contribution is 2.34. The smallest absolute Gasteiger partial charge is 0.396 e. The molecule has 5 nitrogen and oxygen atoms in total. The Labute approximate surface area is 105 Å². The number of para-hydroxylation sites is 1. The van der Waals surface area contributed by atoms with Crippen molar-refractivity contribution in [1.82, 2.24) is 10.2 Å². The summed E-state index contributed by atoms with van der Waals surface area (Å²) in [6.45, 7) is 0. The van der Waals surface area contributed by atoms with Crippen molar-refractivity contribution in [1.29, 1.82) is 0 Å². The number of nitrogens with zero attached hydrogens (tertiary/aromatic N) is 1. The zero-order valence-corrected chi connectivity index (χ0v) is 9.45. The lowest BCUT2D eigenvalue weighted by Crippen LogP contribution is -2.17. The molecule has 0 unspecified atom stereocenters. The maximum absolute atomic E-state index is 12.7. The molecule has 0 aliphatic rings. The number of carbonyl (C=O) groups is 1. The van der Waals surface area contributed by atoms with E-state index in [1.807, 2.05) is 0 Å². The Kier molecular flexibility index (Phi) is 3.16. The fourth-order valence-electron chi connectivity index (χ4n) is 1.50. The van der Waals surface area contributed by atoms with Crippen LogP contribution in [-0.4, -0.2) is 16.1 Å². The third-order valence-electron chi connectivity index (χ3n) is 2.38. The number of benzene rings is 1. The first kappa shape index (κ1) is 12.9. The Balaban J connectivity index is 2.30. The fraction of sp³-hybridized carbons (Fsp3) is 0.0909. The molecule has 4 N–H and O–H groups in total. The number of hydrogen-bond donors (Lipinski definition) is 3. The summed E-state index contributed by atoms with van der Waals surface area (Å²) in [6.07, 6.45) is -3.35. The quantitative estimate of drug-likeness (QED) is 0.782. The molecule has 0 aliphatic carbocycles. The number of rotatable bonds is 2. The van der Waals surface area contributed by atoms with E-state index in [9.17, 15) is 18.0 Å². The number of halogens is 3. The summed E-state index contributed by atoms with van der Waals surface area (Å²) in [6, 6.07) is 4.67. The number of aromatic nitrogens is 2. The molecular formula is C11H9F3N4O. The molecule has 1 aromatic carbocycles. The van der Waals surface area contributed by atoms with Crippen LogP contribution in [0.4, 0.5) is 24.5 Å². The standard InChI is InChI=1S/C11H9F3N4O/c12-11(13,14)6-3-1-2-4-8(6)17-10(19)9-7(15)5-16-18-9/h1-5H,15H2,(H,16,18)(H,17,19). The van der Waals surface area contributed by atoms with Crippen LogP contribution in [-0.2, 0) is 6.18 Å². The molecule has 19 heavy (non-hydrogen) atoms. The lowest BCUT2D eigenvalue weighted by atomic mass is 10.1. The van der Waals surface area contributed by atoms with Gasteiger partial charge in [-0.25, -0.2) is 0 Å². The van der Waals surface area contributed by atoms with Crippen molar-refractivity contribution in [2.45, 2.75) is 6.18 Å². The SMILES string of the molecule is Nc1cn[nH]c1C(=O)Nc1ccccc1C(F)(F)F. The van der Waals surface area contributed by atoms with Crippen LogP contribution in [0.5, 0.6) is 0 Å². The van der Waals surface area contributed by atoms with Gasteiger partial charge in [-0.15, -0.1) is 0 Å². The first-order valence-electron chi connectivity index (χ1n) is 5.16. The van der Waals surface area contributed by atoms with E-state index in [1.165, 1.54) is 18.3 Å². The fourth-order valence-corrected chi connectivity index (χ4v) is 1.50. The molecule has 0 saturated heterocycles. The Hall–Kier alpha value is -2.51. The second kappa shape index (κ2) is 4.63. The van der Waals surface area contributed by atoms with Crippen LogP contribution < -0.4 is 11.1 Å². The van der Waals surface area contributed by atoms with Crippen LogP contribution in [0.25, 0.3) is 0 Å². The molecule has 1 amide bonds. The molecule has 1 heterocycles. The number of nitrogen functional groups attached to an aromatic ring is 1. The zero-order valence-electron chi connectivity index (χ0n) is 9.45. The van der Waals surface area contributed by atoms with Crippen molar-refractivity contribution in [2.75, 3.05) is 11.1 Å². The summed E-state index contributed by atoms with van der Waals surface area (Å²) in [5.74, 6) is -0.785. The van der Waals surface area contributed by atoms with E-state index < -0.39 is 17.6 Å². The van der Waals surface area contributed by atoms with Crippen LogP contribution in [0.3, 0.4) is 0 Å². The van der Waals surface area contributed by atoms with E-state index in [2.05, 4.69) is 15.5 Å². The van der Waals surface area contributed by atoms with Crippen molar-refractivity contribution in [3.63, 3.8) is 0 Å². The molecule has 0 aliphatic heterocycles. The molecule has 0 radical (unpaired) electrons. The second-order valence-corrected chi connectivity index (χ2v) is 3.70. The summed E-state index contributed by atoms with van der Waals surface area (Å²) < 4.78 is 38.2. The van der Waals surface area contributed by atoms with Crippen LogP contribution in [0.2, 0.25) is 0 Å². The number of carbonyl (C=O) groups excluding carboxylic acids is 1. The summed E-state index contributed by atoms with van der Waals surface area (Å²) in [4.78, 5) is 11.7. The van der Waals surface area contributed by atoms with Crippen molar-refractivity contribution in [2.24, 2.45) is 0 Å². The first-order valence-corrected chi connectivity index (χ1v) is 5.16. The van der Waals surface area contributed by atoms with Crippen LogP contribution in [0.15, 0.2) is 30.5 Å². The minimum atomic E-state index is -4.55. The van der Waals surface area contributed by atoms with Gasteiger partial charge in [0.1, 0.15) is 5.69 Å². The number of nitrogens with one attached hydrogen (secondary N) is 2. The Bertz CT molecular complexity index is 606. The van der Waals surface area contributed by atoms with Gasteiger partial charge in [-0.05, 0) is 12.1 Å². The average molecular weight is 270 g/mol. The van der Waals surface area contributed by atoms with Gasteiger partial charge in [-0.1, -0.05) is 12.1 Å². The number of amides is 1. The molecule has 2 rings (SSSR count). The van der Waals surface area contributed by atoms with Gasteiger partial charge in [0.15, 0.2) is 0 Å². The number of H-pyrrole nitrogens is 1. The first-order chi connectivity index (χ1) is 8.89. The van der Waals surface area contributed by atoms with E-state index in [4.69, 9.17) is 5.73 Å². The number of anilines is 2. The third kappa shape index (κ3) is 2.67. The molecule has 1 aromatic heterocycles. The van der Waals surface area contributed by atoms with Crippen LogP contribution >= 0.6 is 0 Å². The molecule has 0 spiro atoms. The predicted octanol–water partition coefficient (Wildman–Crippen LogP) is 2.26. The molecule has 0 fully saturated rings. The Morgan fingerprint density at radius 2 is 2.00 bits per heavy atom. The van der Waals surface area contributed by atoms with Crippen molar-refractivity contribution < 1.29 is 18.0 Å². The minimum Gasteiger partial charge on any atom is -0.396 e. The van der Waals surface area contributed by atoms with Gasteiger partial charge >= 0.3 is 6.18 Å². The number of alkyl halides is 3. The van der Waals surface area contributed by atoms with E-state index in [1.54, 1.807) is 0 Å². The summed E-state index contributed by atoms with van der Waals surface area (Å²) in [5, 5.41) is 7.99. The molecular weight excluding hydrogens is 261 g/mol. The Morgan fingerprint density at radius 3 is 2.58 bits per heavy atom. The van der Waals surface area contributed by atoms with E-state index in [0.717, 1.165) is 12.1 Å². The number of hydrogen-bond acceptors (Lipinski definition) is 3. The van der Waals surface area contributed by atoms with Gasteiger partial charge in [-0.3, -0.25) is 9.89 Å². The lowest BCUT2D eigenvalue weighted by molar-refractivity contribution is -0.136. The highest BCUT2D eigenvalue weighted by molar-refractivity contribution is 6.06. The van der Waals surface area contributed by atoms with E-state index >= 15 is 0 Å². The third-order valence-corrected chi connectivity index (χ3v) is 2.38. The average Bonchev–Trinajstić information content (AvgIpc) is 2.75. The van der Waals surface area contributed by atoms with Crippen molar-refractivity contribution >= 4 is 17.3 Å². The number of aromatic amines is 1. The van der Waals surface area contributed by atoms with Crippen molar-refractivity contribution in [3.05, 3.63) is 41.7 Å². The molecule has 0 bridgehead atoms. The van der Waals surface area contributed by atoms with Crippen LogP contribution in [0, 0.1) is 0 Å². The predicted molar refractivity (Wildman–Crippen MR) is 62.4 cm³/mol. The molecule has 2 aromatic rings. The maximum Gasteiger partial charge on any atom is 0.418 e. The zero-order chi connectivity index (χ0) is 14.0. The van der Waals surface area contributed by atoms with E-state index in [-0.39, 0.29) is 17.1 Å². The molecule has 0 atom stereocenters. The molecule has 8 heteroatoms. The normalized spacial score (nSPS) is 11.3. The summed E-state index contributed by atoms with van der Waals surface area (Å²) in [7, 11) is 0. The number of nitrogens with two attached hydrogens (primary N) is 1. The van der Waals surface area contributed by atoms with Gasteiger partial charge in [0.2, 0.25) is 0 Å². The topological polar surface area (TPSA) is 83.8 Å². The maximum atomic E-state index is 12.7. The van der Waals surface area contributed by atoms with Gasteiger partial charge < -0.3 is 11.1 Å². The Morgan fingerprint density at radius 1 is 1.32 bits per heavy atom. The molecule has 100 valence electrons. The molecule has 0 saturated carbocycles. The minimum absolute atomic E-state index is 0.0574. The van der Waals surface area contributed by atoms with Crippen LogP contribution in [0.1, 0.15) is 16.1 Å². The monoisotopic (exact) mass is 270 g/mol. The van der Waals surface area contributed by atoms with Crippen molar-refractivity contribution in [3.8, 4) is 0 Å². The lowest BCUT2D eigenvalue weighted by Gasteiger charge is -2.13. The highest BCUT2D eigenvalue weighted by Gasteiger charge is 2.33.